The number of fused-ring (bicyclic) bond motifs is 1. The van der Waals surface area contributed by atoms with Crippen LogP contribution in [0.25, 0.3) is 0 Å². The first-order valence-corrected chi connectivity index (χ1v) is 12.1. The van der Waals surface area contributed by atoms with E-state index in [1.807, 2.05) is 6.07 Å². The number of nitrogens with two attached hydrogens (primary N) is 1. The number of aliphatic carboxylic acids is 1. The number of nitrogen functional groups attached to an aromatic ring is 1. The minimum absolute atomic E-state index is 0.0551. The van der Waals surface area contributed by atoms with E-state index in [1.54, 1.807) is 32.0 Å². The van der Waals surface area contributed by atoms with Gasteiger partial charge in [0.1, 0.15) is 23.7 Å². The second kappa shape index (κ2) is 12.5. The van der Waals surface area contributed by atoms with Gasteiger partial charge in [0.15, 0.2) is 11.5 Å². The number of pyridine rings is 1. The van der Waals surface area contributed by atoms with Gasteiger partial charge in [0.25, 0.3) is 5.56 Å². The highest BCUT2D eigenvalue weighted by Gasteiger charge is 2.38. The summed E-state index contributed by atoms with van der Waals surface area (Å²) in [4.78, 5) is 43.5. The summed E-state index contributed by atoms with van der Waals surface area (Å²) in [5.74, 6) is -3.13. The predicted octanol–water partition coefficient (Wildman–Crippen LogP) is 2.90. The molecule has 1 amide bonds. The van der Waals surface area contributed by atoms with Gasteiger partial charge in [0, 0.05) is 18.8 Å². The van der Waals surface area contributed by atoms with E-state index >= 15 is 0 Å². The summed E-state index contributed by atoms with van der Waals surface area (Å²) in [5.41, 5.74) is 8.60. The molecule has 41 heavy (non-hydrogen) atoms. The van der Waals surface area contributed by atoms with Crippen molar-refractivity contribution >= 4 is 23.5 Å². The molecule has 15 heteroatoms. The number of carboxylic acid groups (broad SMARTS) is 1. The lowest BCUT2D eigenvalue weighted by molar-refractivity contribution is -0.192. The molecular formula is C26H25F4N7O4. The Kier molecular flexibility index (Phi) is 9.28. The number of aromatic nitrogens is 3. The van der Waals surface area contributed by atoms with Crippen molar-refractivity contribution in [3.63, 3.8) is 0 Å². The van der Waals surface area contributed by atoms with E-state index in [0.29, 0.717) is 35.6 Å². The van der Waals surface area contributed by atoms with Gasteiger partial charge in [-0.2, -0.15) is 18.4 Å². The fourth-order valence-corrected chi connectivity index (χ4v) is 4.20. The van der Waals surface area contributed by atoms with E-state index in [4.69, 9.17) is 15.6 Å². The molecule has 3 aromatic rings. The van der Waals surface area contributed by atoms with Crippen molar-refractivity contribution in [2.45, 2.75) is 52.0 Å². The number of rotatable bonds is 6. The summed E-state index contributed by atoms with van der Waals surface area (Å²) in [5, 5.41) is 22.5. The number of aryl methyl sites for hydroxylation is 2. The number of nitriles is 1. The molecule has 0 aliphatic carbocycles. The largest absolute Gasteiger partial charge is 0.490 e. The Morgan fingerprint density at radius 2 is 1.88 bits per heavy atom. The lowest BCUT2D eigenvalue weighted by Gasteiger charge is -2.17. The number of anilines is 2. The summed E-state index contributed by atoms with van der Waals surface area (Å²) in [6, 6.07) is 9.26. The monoisotopic (exact) mass is 575 g/mol. The lowest BCUT2D eigenvalue weighted by Crippen LogP contribution is -2.37. The molecule has 1 aliphatic heterocycles. The van der Waals surface area contributed by atoms with E-state index < -0.39 is 23.7 Å². The maximum atomic E-state index is 13.7. The van der Waals surface area contributed by atoms with Crippen LogP contribution < -0.4 is 21.9 Å². The Hall–Kier alpha value is -5.00. The first kappa shape index (κ1) is 30.5. The molecule has 2 aromatic heterocycles. The maximum absolute atomic E-state index is 13.7. The number of halogens is 4. The number of amides is 1. The van der Waals surface area contributed by atoms with Crippen LogP contribution in [0, 0.1) is 31.0 Å². The van der Waals surface area contributed by atoms with E-state index in [-0.39, 0.29) is 36.3 Å². The number of benzene rings is 1. The Morgan fingerprint density at radius 1 is 1.20 bits per heavy atom. The highest BCUT2D eigenvalue weighted by Crippen LogP contribution is 2.27. The van der Waals surface area contributed by atoms with Crippen LogP contribution in [0.3, 0.4) is 0 Å². The number of carboxylic acids is 1. The van der Waals surface area contributed by atoms with Crippen LogP contribution in [-0.4, -0.2) is 37.7 Å². The minimum Gasteiger partial charge on any atom is -0.475 e. The van der Waals surface area contributed by atoms with Crippen LogP contribution in [0.4, 0.5) is 29.2 Å². The Labute approximate surface area is 230 Å². The zero-order valence-corrected chi connectivity index (χ0v) is 21.8. The number of carbonyl (C=O) groups excluding carboxylic acids is 1. The summed E-state index contributed by atoms with van der Waals surface area (Å²) >= 11 is 0. The van der Waals surface area contributed by atoms with Gasteiger partial charge in [-0.3, -0.25) is 14.2 Å². The van der Waals surface area contributed by atoms with Crippen molar-refractivity contribution in [2.75, 3.05) is 11.1 Å². The van der Waals surface area contributed by atoms with Crippen molar-refractivity contribution in [3.8, 4) is 6.07 Å². The van der Waals surface area contributed by atoms with Crippen molar-refractivity contribution in [1.29, 1.82) is 5.26 Å². The molecule has 0 fully saturated rings. The molecule has 1 aliphatic rings. The highest BCUT2D eigenvalue weighted by atomic mass is 19.4. The fraction of sp³-hybridized carbons (Fsp3) is 0.308. The second-order valence-electron chi connectivity index (χ2n) is 9.09. The van der Waals surface area contributed by atoms with Crippen LogP contribution in [0.1, 0.15) is 46.2 Å². The SMILES string of the molecule is Cc1cc(F)cc(CNc2nc(C#N)c3n(c2=O)[C@H](C(=O)NCc2ccc(N)nc2C)CC3)c1.O=C(O)C(F)(F)F. The third kappa shape index (κ3) is 7.56. The summed E-state index contributed by atoms with van der Waals surface area (Å²) in [6.07, 6.45) is -4.32. The predicted molar refractivity (Wildman–Crippen MR) is 138 cm³/mol. The van der Waals surface area contributed by atoms with Gasteiger partial charge in [-0.05, 0) is 61.6 Å². The number of nitrogens with zero attached hydrogens (tertiary/aromatic N) is 4. The molecule has 216 valence electrons. The molecule has 4 rings (SSSR count). The molecule has 0 saturated carbocycles. The van der Waals surface area contributed by atoms with Crippen LogP contribution in [-0.2, 0) is 29.1 Å². The van der Waals surface area contributed by atoms with Gasteiger partial charge in [-0.15, -0.1) is 0 Å². The standard InChI is InChI=1S/C24H24FN7O2.C2HF3O2/c1-13-7-15(9-17(25)8-13)11-28-22-24(34)32-19(18(10-26)31-22)4-5-20(32)23(33)29-12-16-3-6-21(27)30-14(16)2;3-2(4,5)1(6)7/h3,6-9,20H,4-5,11-12H2,1-2H3,(H2,27,30)(H,28,31)(H,29,33);(H,6,7)/t20-;/m0./s1. The Bertz CT molecular complexity index is 1560. The van der Waals surface area contributed by atoms with Gasteiger partial charge in [0.2, 0.25) is 5.91 Å². The van der Waals surface area contributed by atoms with Gasteiger partial charge < -0.3 is 21.5 Å². The number of hydrogen-bond donors (Lipinski definition) is 4. The number of nitrogens with one attached hydrogen (secondary N) is 2. The molecule has 11 nitrogen and oxygen atoms in total. The molecule has 3 heterocycles. The van der Waals surface area contributed by atoms with Crippen LogP contribution in [0.15, 0.2) is 35.1 Å². The topological polar surface area (TPSA) is 176 Å². The molecule has 0 bridgehead atoms. The molecular weight excluding hydrogens is 550 g/mol. The van der Waals surface area contributed by atoms with Crippen LogP contribution in [0.2, 0.25) is 0 Å². The fourth-order valence-electron chi connectivity index (χ4n) is 4.20. The smallest absolute Gasteiger partial charge is 0.475 e. The van der Waals surface area contributed by atoms with Gasteiger partial charge in [-0.1, -0.05) is 12.1 Å². The Balaban J connectivity index is 0.000000587. The maximum Gasteiger partial charge on any atom is 0.490 e. The highest BCUT2D eigenvalue weighted by molar-refractivity contribution is 5.81. The molecule has 0 saturated heterocycles. The average Bonchev–Trinajstić information content (AvgIpc) is 3.33. The van der Waals surface area contributed by atoms with Crippen molar-refractivity contribution < 1.29 is 32.3 Å². The van der Waals surface area contributed by atoms with Gasteiger partial charge in [0.05, 0.1) is 5.69 Å². The first-order valence-electron chi connectivity index (χ1n) is 12.1. The zero-order valence-electron chi connectivity index (χ0n) is 21.8. The number of hydrogen-bond acceptors (Lipinski definition) is 8. The van der Waals surface area contributed by atoms with E-state index in [2.05, 4.69) is 20.6 Å². The second-order valence-corrected chi connectivity index (χ2v) is 9.09. The summed E-state index contributed by atoms with van der Waals surface area (Å²) in [6.45, 7) is 3.95. The quantitative estimate of drug-likeness (QED) is 0.322. The summed E-state index contributed by atoms with van der Waals surface area (Å²) < 4.78 is 46.8. The first-order chi connectivity index (χ1) is 19.2. The molecule has 0 unspecified atom stereocenters. The van der Waals surface area contributed by atoms with Crippen LogP contribution >= 0.6 is 0 Å². The third-order valence-corrected chi connectivity index (χ3v) is 6.06. The van der Waals surface area contributed by atoms with Crippen LogP contribution in [0.5, 0.6) is 0 Å². The zero-order chi connectivity index (χ0) is 30.5. The molecule has 0 spiro atoms. The van der Waals surface area contributed by atoms with E-state index in [0.717, 1.165) is 11.1 Å². The number of carbonyl (C=O) groups is 2. The lowest BCUT2D eigenvalue weighted by atomic mass is 10.1. The van der Waals surface area contributed by atoms with Crippen molar-refractivity contribution in [3.05, 3.63) is 80.3 Å². The third-order valence-electron chi connectivity index (χ3n) is 6.06. The average molecular weight is 576 g/mol. The van der Waals surface area contributed by atoms with Gasteiger partial charge >= 0.3 is 12.1 Å². The normalized spacial score (nSPS) is 13.8. The molecule has 1 aromatic carbocycles. The van der Waals surface area contributed by atoms with Crippen molar-refractivity contribution in [1.82, 2.24) is 19.9 Å². The molecule has 0 radical (unpaired) electrons. The Morgan fingerprint density at radius 3 is 2.46 bits per heavy atom. The summed E-state index contributed by atoms with van der Waals surface area (Å²) in [7, 11) is 0. The van der Waals surface area contributed by atoms with E-state index in [1.165, 1.54) is 16.7 Å². The molecule has 1 atom stereocenters. The van der Waals surface area contributed by atoms with Crippen molar-refractivity contribution in [2.24, 2.45) is 0 Å². The minimum atomic E-state index is -5.08. The number of alkyl halides is 3. The van der Waals surface area contributed by atoms with Gasteiger partial charge in [-0.25, -0.2) is 19.2 Å². The van der Waals surface area contributed by atoms with E-state index in [9.17, 15) is 32.4 Å². The molecule has 5 N–H and O–H groups in total.